The average molecular weight is 483 g/mol. The lowest BCUT2D eigenvalue weighted by atomic mass is 10.1. The van der Waals surface area contributed by atoms with Crippen LogP contribution < -0.4 is 37.0 Å². The summed E-state index contributed by atoms with van der Waals surface area (Å²) >= 11 is 0. The molecule has 1 amide bonds. The van der Waals surface area contributed by atoms with Gasteiger partial charge in [0, 0.05) is 18.2 Å². The zero-order valence-electron chi connectivity index (χ0n) is 18.3. The first-order valence-corrected chi connectivity index (χ1v) is 11.0. The smallest absolute Gasteiger partial charge is 0.275 e. The van der Waals surface area contributed by atoms with E-state index in [2.05, 4.69) is 9.88 Å². The second kappa shape index (κ2) is 10.6. The van der Waals surface area contributed by atoms with Gasteiger partial charge in [0.05, 0.1) is 14.2 Å². The van der Waals surface area contributed by atoms with Gasteiger partial charge < -0.3 is 31.5 Å². The number of nitrogens with zero attached hydrogens (tertiary/aromatic N) is 2. The van der Waals surface area contributed by atoms with E-state index in [0.717, 1.165) is 4.57 Å². The molecule has 0 saturated heterocycles. The Labute approximate surface area is 190 Å². The minimum atomic E-state index is -4.27. The zero-order valence-corrected chi connectivity index (χ0v) is 19.1. The van der Waals surface area contributed by atoms with Crippen molar-refractivity contribution < 1.29 is 27.5 Å². The predicted octanol–water partition coefficient (Wildman–Crippen LogP) is -0.404. The van der Waals surface area contributed by atoms with Crippen molar-refractivity contribution in [2.24, 2.45) is 22.4 Å². The van der Waals surface area contributed by atoms with Crippen LogP contribution in [0.5, 0.6) is 11.5 Å². The van der Waals surface area contributed by atoms with Crippen molar-refractivity contribution in [3.05, 3.63) is 46.4 Å². The number of nitrogens with one attached hydrogen (secondary N) is 1. The number of aryl methyl sites for hydroxylation is 1. The number of benzene rings is 1. The molecule has 0 aliphatic rings. The van der Waals surface area contributed by atoms with Gasteiger partial charge in [-0.15, -0.1) is 0 Å². The maximum absolute atomic E-state index is 13.1. The van der Waals surface area contributed by atoms with Gasteiger partial charge in [-0.05, 0) is 36.3 Å². The van der Waals surface area contributed by atoms with Gasteiger partial charge in [-0.25, -0.2) is 8.42 Å². The second-order valence-electron chi connectivity index (χ2n) is 6.74. The molecule has 0 aliphatic carbocycles. The molecule has 0 saturated carbocycles. The number of rotatable bonds is 11. The Kier molecular flexibility index (Phi) is 8.12. The Bertz CT molecular complexity index is 1210. The molecule has 1 aromatic carbocycles. The Hall–Kier alpha value is -3.94. The van der Waals surface area contributed by atoms with E-state index in [1.165, 1.54) is 44.6 Å². The number of methoxy groups -OCH3 is 2. The fourth-order valence-electron chi connectivity index (χ4n) is 2.99. The molecule has 2 rings (SSSR count). The van der Waals surface area contributed by atoms with Crippen molar-refractivity contribution in [3.8, 4) is 11.5 Å². The largest absolute Gasteiger partial charge is 0.497 e. The Morgan fingerprint density at radius 2 is 1.85 bits per heavy atom. The van der Waals surface area contributed by atoms with E-state index in [0.29, 0.717) is 5.69 Å². The van der Waals surface area contributed by atoms with Crippen molar-refractivity contribution in [1.82, 2.24) is 4.57 Å². The summed E-state index contributed by atoms with van der Waals surface area (Å²) in [5.74, 6) is -0.832. The number of pyridine rings is 1. The first-order valence-electron chi connectivity index (χ1n) is 9.49. The maximum atomic E-state index is 13.1. The van der Waals surface area contributed by atoms with Gasteiger partial charge in [-0.2, -0.15) is 0 Å². The van der Waals surface area contributed by atoms with E-state index in [9.17, 15) is 18.0 Å². The summed E-state index contributed by atoms with van der Waals surface area (Å²) in [6.07, 6.45) is -0.0488. The molecule has 1 atom stereocenters. The molecule has 0 bridgehead atoms. The minimum absolute atomic E-state index is 0.0441. The number of primary amides is 1. The summed E-state index contributed by atoms with van der Waals surface area (Å²) in [6, 6.07) is 5.80. The highest BCUT2D eigenvalue weighted by Gasteiger charge is 2.25. The van der Waals surface area contributed by atoms with Crippen LogP contribution in [0.25, 0.3) is 0 Å². The molecule has 1 unspecified atom stereocenters. The second-order valence-corrected chi connectivity index (χ2v) is 8.39. The van der Waals surface area contributed by atoms with Crippen LogP contribution in [-0.2, 0) is 19.7 Å². The van der Waals surface area contributed by atoms with Crippen LogP contribution in [0.3, 0.4) is 0 Å². The minimum Gasteiger partial charge on any atom is -0.497 e. The first kappa shape index (κ1) is 25.3. The summed E-state index contributed by atoms with van der Waals surface area (Å²) in [4.78, 5) is 29.8. The number of hydrogen-bond donors (Lipinski definition) is 4. The van der Waals surface area contributed by atoms with Gasteiger partial charge in [0.15, 0.2) is 0 Å². The molecule has 0 fully saturated rings. The maximum Gasteiger partial charge on any atom is 0.275 e. The molecule has 1 aromatic heterocycles. The fourth-order valence-corrected chi connectivity index (χ4v) is 4.23. The third-order valence-corrected chi connectivity index (χ3v) is 5.90. The first-order chi connectivity index (χ1) is 15.5. The lowest BCUT2D eigenvalue weighted by Crippen LogP contribution is -2.37. The van der Waals surface area contributed by atoms with E-state index in [4.69, 9.17) is 31.5 Å². The average Bonchev–Trinajstić information content (AvgIpc) is 2.76. The Morgan fingerprint density at radius 1 is 1.15 bits per heavy atom. The molecule has 2 aromatic rings. The number of oxime groups is 1. The van der Waals surface area contributed by atoms with E-state index >= 15 is 0 Å². The lowest BCUT2D eigenvalue weighted by molar-refractivity contribution is -0.121. The van der Waals surface area contributed by atoms with Gasteiger partial charge in [0.25, 0.3) is 15.6 Å². The summed E-state index contributed by atoms with van der Waals surface area (Å²) in [6.45, 7) is 1.44. The lowest BCUT2D eigenvalue weighted by Gasteiger charge is -2.20. The number of carbonyl (C=O) groups is 1. The SMILES string of the molecule is COc1ccc(OC)c(S(=O)(=O)Nc2ccc(C)n(C(CCON=C(N)N)C(N)=O)c2=O)c1. The third-order valence-electron chi connectivity index (χ3n) is 4.52. The highest BCUT2D eigenvalue weighted by molar-refractivity contribution is 7.92. The molecule has 180 valence electrons. The summed E-state index contributed by atoms with van der Waals surface area (Å²) in [5.41, 5.74) is 15.1. The molecular formula is C19H26N6O7S. The third kappa shape index (κ3) is 6.06. The molecule has 14 heteroatoms. The molecular weight excluding hydrogens is 456 g/mol. The van der Waals surface area contributed by atoms with E-state index in [-0.39, 0.29) is 41.1 Å². The number of anilines is 1. The molecule has 0 aliphatic heterocycles. The summed E-state index contributed by atoms with van der Waals surface area (Å²) in [5, 5.41) is 3.34. The monoisotopic (exact) mass is 482 g/mol. The highest BCUT2D eigenvalue weighted by atomic mass is 32.2. The highest BCUT2D eigenvalue weighted by Crippen LogP contribution is 2.29. The molecule has 7 N–H and O–H groups in total. The van der Waals surface area contributed by atoms with Crippen molar-refractivity contribution in [2.45, 2.75) is 24.3 Å². The molecule has 1 heterocycles. The van der Waals surface area contributed by atoms with Crippen LogP contribution in [0.4, 0.5) is 5.69 Å². The Morgan fingerprint density at radius 3 is 2.42 bits per heavy atom. The number of guanidine groups is 1. The number of aromatic nitrogens is 1. The van der Waals surface area contributed by atoms with E-state index < -0.39 is 27.5 Å². The van der Waals surface area contributed by atoms with Crippen molar-refractivity contribution in [1.29, 1.82) is 0 Å². The van der Waals surface area contributed by atoms with Crippen molar-refractivity contribution in [2.75, 3.05) is 25.5 Å². The number of hydrogen-bond acceptors (Lipinski definition) is 8. The van der Waals surface area contributed by atoms with Crippen LogP contribution in [0, 0.1) is 6.92 Å². The summed E-state index contributed by atoms with van der Waals surface area (Å²) < 4.78 is 39.6. The van der Waals surface area contributed by atoms with Crippen LogP contribution in [-0.4, -0.2) is 45.7 Å². The topological polar surface area (TPSA) is 203 Å². The number of nitrogens with two attached hydrogens (primary N) is 3. The van der Waals surface area contributed by atoms with Crippen LogP contribution in [0.2, 0.25) is 0 Å². The van der Waals surface area contributed by atoms with Gasteiger partial charge in [0.2, 0.25) is 11.9 Å². The number of amides is 1. The van der Waals surface area contributed by atoms with Gasteiger partial charge in [0.1, 0.15) is 34.7 Å². The zero-order chi connectivity index (χ0) is 24.8. The molecule has 33 heavy (non-hydrogen) atoms. The normalized spacial score (nSPS) is 11.8. The fraction of sp³-hybridized carbons (Fsp3) is 0.316. The molecule has 13 nitrogen and oxygen atoms in total. The standard InChI is InChI=1S/C19H26N6O7S/c1-11-4-6-13(18(27)25(11)14(17(20)26)8-9-32-23-19(21)22)24-33(28,29)16-10-12(30-2)5-7-15(16)31-3/h4-7,10,14,24H,8-9H2,1-3H3,(H2,20,26)(H4,21,22,23). The van der Waals surface area contributed by atoms with Gasteiger partial charge >= 0.3 is 0 Å². The van der Waals surface area contributed by atoms with Crippen LogP contribution in [0.1, 0.15) is 18.2 Å². The molecule has 0 spiro atoms. The van der Waals surface area contributed by atoms with Gasteiger partial charge in [-0.3, -0.25) is 18.9 Å². The van der Waals surface area contributed by atoms with Crippen LogP contribution in [0.15, 0.2) is 45.2 Å². The predicted molar refractivity (Wildman–Crippen MR) is 120 cm³/mol. The number of sulfonamides is 1. The quantitative estimate of drug-likeness (QED) is 0.142. The van der Waals surface area contributed by atoms with Gasteiger partial charge in [-0.1, -0.05) is 0 Å². The number of carbonyl (C=O) groups excluding carboxylic acids is 1. The van der Waals surface area contributed by atoms with Crippen molar-refractivity contribution >= 4 is 27.6 Å². The molecule has 0 radical (unpaired) electrons. The Balaban J connectivity index is 2.46. The van der Waals surface area contributed by atoms with E-state index in [1.54, 1.807) is 6.92 Å². The van der Waals surface area contributed by atoms with Crippen molar-refractivity contribution in [3.63, 3.8) is 0 Å². The number of ether oxygens (including phenoxy) is 2. The summed E-state index contributed by atoms with van der Waals surface area (Å²) in [7, 11) is -1.58. The van der Waals surface area contributed by atoms with Crippen LogP contribution >= 0.6 is 0 Å². The van der Waals surface area contributed by atoms with E-state index in [1.807, 2.05) is 0 Å².